The van der Waals surface area contributed by atoms with Crippen LogP contribution in [-0.2, 0) is 96.6 Å². The molecule has 0 radical (unpaired) electrons. The Hall–Kier alpha value is -5.36. The van der Waals surface area contributed by atoms with Crippen LogP contribution in [-0.4, -0.2) is 84.9 Å². The van der Waals surface area contributed by atoms with E-state index in [0.717, 1.165) is 33.4 Å². The lowest BCUT2D eigenvalue weighted by molar-refractivity contribution is -0.249. The largest absolute Gasteiger partial charge is 0.456 e. The molecule has 0 spiro atoms. The highest BCUT2D eigenvalue weighted by Crippen LogP contribution is 2.46. The topological polar surface area (TPSA) is 126 Å². The maximum Gasteiger partial charge on any atom is 0.303 e. The maximum atomic E-state index is 13.2. The van der Waals surface area contributed by atoms with Crippen LogP contribution in [0.1, 0.15) is 47.2 Å². The quantitative estimate of drug-likeness (QED) is 0.0399. The van der Waals surface area contributed by atoms with Gasteiger partial charge in [-0.3, -0.25) is 9.59 Å². The zero-order valence-electron chi connectivity index (χ0n) is 40.5. The van der Waals surface area contributed by atoms with Crippen molar-refractivity contribution >= 4 is 33.5 Å². The number of ether oxygens (including phenoxy) is 10. The van der Waals surface area contributed by atoms with E-state index in [1.165, 1.54) is 35.4 Å². The van der Waals surface area contributed by atoms with Gasteiger partial charge in [-0.25, -0.2) is 0 Å². The van der Waals surface area contributed by atoms with Crippen molar-refractivity contribution in [2.24, 2.45) is 0 Å². The van der Waals surface area contributed by atoms with E-state index < -0.39 is 71.6 Å². The molecule has 6 aromatic rings. The molecule has 72 heavy (non-hydrogen) atoms. The second kappa shape index (κ2) is 28.2. The predicted octanol–water partition coefficient (Wildman–Crippen LogP) is 10.5. The molecule has 0 unspecified atom stereocenters. The molecule has 378 valence electrons. The average molecular weight is 1020 g/mol. The lowest BCUT2D eigenvalue weighted by Gasteiger charge is -2.47. The summed E-state index contributed by atoms with van der Waals surface area (Å²) in [5.74, 6) is -1.05. The van der Waals surface area contributed by atoms with E-state index in [1.807, 2.05) is 182 Å². The fourth-order valence-corrected chi connectivity index (χ4v) is 11.3. The van der Waals surface area contributed by atoms with E-state index in [1.54, 1.807) is 0 Å². The molecule has 10 atom stereocenters. The van der Waals surface area contributed by atoms with Crippen LogP contribution >= 0.6 is 21.6 Å². The van der Waals surface area contributed by atoms with E-state index in [-0.39, 0.29) is 39.6 Å². The van der Waals surface area contributed by atoms with Gasteiger partial charge in [0.1, 0.15) is 36.6 Å². The molecule has 12 nitrogen and oxygen atoms in total. The summed E-state index contributed by atoms with van der Waals surface area (Å²) in [7, 11) is 2.57. The standard InChI is InChI=1S/C58H62O12S2/c1-41(59)67-55-53(65-37-47-29-17-7-18-30-47)51(63-35-45-25-13-5-14-26-45)49(39-61-33-43-21-9-3-10-22-43)69-57(55)71-72-58-56(68-42(2)60)54(66-38-48-31-19-8-20-32-48)52(64-36-46-27-15-6-16-28-46)50(70-58)40-62-34-44-23-11-4-12-24-44/h3-32,49-58H,33-40H2,1-2H3/t49-,50-,51-,52-,53+,54+,55+,56+,57-,58-/m1/s1. The summed E-state index contributed by atoms with van der Waals surface area (Å²) in [6.07, 6.45) is -6.52. The smallest absolute Gasteiger partial charge is 0.303 e. The van der Waals surface area contributed by atoms with Gasteiger partial charge in [0, 0.05) is 13.8 Å². The van der Waals surface area contributed by atoms with E-state index in [4.69, 9.17) is 47.4 Å². The van der Waals surface area contributed by atoms with Crippen molar-refractivity contribution in [3.63, 3.8) is 0 Å². The Labute approximate surface area is 430 Å². The first kappa shape index (κ1) is 52.9. The molecular formula is C58H62O12S2. The number of carbonyl (C=O) groups excluding carboxylic acids is 2. The minimum absolute atomic E-state index is 0.126. The highest BCUT2D eigenvalue weighted by Gasteiger charge is 2.53. The fourth-order valence-electron chi connectivity index (χ4n) is 8.51. The minimum Gasteiger partial charge on any atom is -0.456 e. The molecule has 2 aliphatic heterocycles. The number of carbonyl (C=O) groups is 2. The molecule has 0 amide bonds. The van der Waals surface area contributed by atoms with Crippen molar-refractivity contribution in [1.29, 1.82) is 0 Å². The van der Waals surface area contributed by atoms with Crippen molar-refractivity contribution in [1.82, 2.24) is 0 Å². The number of hydrogen-bond donors (Lipinski definition) is 0. The van der Waals surface area contributed by atoms with Crippen LogP contribution in [0.4, 0.5) is 0 Å². The molecule has 14 heteroatoms. The third-order valence-electron chi connectivity index (χ3n) is 12.0. The third-order valence-corrected chi connectivity index (χ3v) is 14.7. The third kappa shape index (κ3) is 16.1. The SMILES string of the molecule is CC(=O)O[C@H]1[C@@H](OCc2ccccc2)[C@H](OCc2ccccc2)[C@@H](COCc2ccccc2)O[C@@H]1SS[C@H]1O[C@H](COCc2ccccc2)[C@@H](OCc2ccccc2)[C@H](OCc2ccccc2)[C@@H]1OC(C)=O. The zero-order valence-corrected chi connectivity index (χ0v) is 42.1. The van der Waals surface area contributed by atoms with Crippen molar-refractivity contribution in [3.8, 4) is 0 Å². The molecule has 6 aromatic carbocycles. The van der Waals surface area contributed by atoms with Crippen LogP contribution in [0.25, 0.3) is 0 Å². The highest BCUT2D eigenvalue weighted by molar-refractivity contribution is 8.77. The van der Waals surface area contributed by atoms with Gasteiger partial charge in [-0.05, 0) is 33.4 Å². The first-order valence-corrected chi connectivity index (χ1v) is 26.5. The van der Waals surface area contributed by atoms with Gasteiger partial charge >= 0.3 is 11.9 Å². The molecule has 2 saturated heterocycles. The second-order valence-electron chi connectivity index (χ2n) is 17.5. The summed E-state index contributed by atoms with van der Waals surface area (Å²) in [4.78, 5) is 26.4. The second-order valence-corrected chi connectivity index (χ2v) is 19.9. The van der Waals surface area contributed by atoms with Crippen LogP contribution in [0.2, 0.25) is 0 Å². The molecule has 0 N–H and O–H groups in total. The molecule has 0 aliphatic carbocycles. The monoisotopic (exact) mass is 1010 g/mol. The van der Waals surface area contributed by atoms with Gasteiger partial charge in [-0.2, -0.15) is 0 Å². The fraction of sp³-hybridized carbons (Fsp3) is 0.345. The average Bonchev–Trinajstić information content (AvgIpc) is 3.41. The molecule has 0 aromatic heterocycles. The number of rotatable bonds is 25. The van der Waals surface area contributed by atoms with Gasteiger partial charge < -0.3 is 47.4 Å². The van der Waals surface area contributed by atoms with Gasteiger partial charge in [0.05, 0.1) is 52.9 Å². The maximum absolute atomic E-state index is 13.2. The Bertz CT molecular complexity index is 2300. The summed E-state index contributed by atoms with van der Waals surface area (Å²) < 4.78 is 66.4. The van der Waals surface area contributed by atoms with Crippen molar-refractivity contribution < 1.29 is 57.0 Å². The van der Waals surface area contributed by atoms with Crippen LogP contribution in [0.3, 0.4) is 0 Å². The summed E-state index contributed by atoms with van der Waals surface area (Å²) >= 11 is 0. The van der Waals surface area contributed by atoms with Gasteiger partial charge in [-0.15, -0.1) is 0 Å². The van der Waals surface area contributed by atoms with E-state index >= 15 is 0 Å². The zero-order chi connectivity index (χ0) is 49.7. The van der Waals surface area contributed by atoms with E-state index in [9.17, 15) is 9.59 Å². The normalized spacial score (nSPS) is 24.0. The van der Waals surface area contributed by atoms with E-state index in [2.05, 4.69) is 0 Å². The Balaban J connectivity index is 1.11. The highest BCUT2D eigenvalue weighted by atomic mass is 33.1. The van der Waals surface area contributed by atoms with Crippen molar-refractivity contribution in [3.05, 3.63) is 215 Å². The van der Waals surface area contributed by atoms with Gasteiger partial charge in [-0.1, -0.05) is 204 Å². The molecule has 2 heterocycles. The predicted molar refractivity (Wildman–Crippen MR) is 276 cm³/mol. The summed E-state index contributed by atoms with van der Waals surface area (Å²) in [5, 5.41) is 0. The molecular weight excluding hydrogens is 953 g/mol. The van der Waals surface area contributed by atoms with Crippen LogP contribution in [0.15, 0.2) is 182 Å². The van der Waals surface area contributed by atoms with Gasteiger partial charge in [0.15, 0.2) is 23.1 Å². The Morgan fingerprint density at radius 1 is 0.361 bits per heavy atom. The van der Waals surface area contributed by atoms with Crippen LogP contribution in [0, 0.1) is 0 Å². The van der Waals surface area contributed by atoms with Crippen LogP contribution in [0.5, 0.6) is 0 Å². The Morgan fingerprint density at radius 2 is 0.611 bits per heavy atom. The lowest BCUT2D eigenvalue weighted by atomic mass is 9.99. The van der Waals surface area contributed by atoms with Crippen LogP contribution < -0.4 is 0 Å². The first-order chi connectivity index (χ1) is 35.4. The summed E-state index contributed by atoms with van der Waals surface area (Å²) in [6.45, 7) is 4.51. The van der Waals surface area contributed by atoms with E-state index in [0.29, 0.717) is 13.2 Å². The Morgan fingerprint density at radius 3 is 0.875 bits per heavy atom. The molecule has 0 saturated carbocycles. The lowest BCUT2D eigenvalue weighted by Crippen LogP contribution is -2.61. The summed E-state index contributed by atoms with van der Waals surface area (Å²) in [5.41, 5.74) is 4.00. The molecule has 2 fully saturated rings. The molecule has 8 rings (SSSR count). The first-order valence-electron chi connectivity index (χ1n) is 24.2. The van der Waals surface area contributed by atoms with Crippen molar-refractivity contribution in [2.45, 2.75) is 113 Å². The number of esters is 2. The molecule has 0 bridgehead atoms. The number of benzene rings is 6. The molecule has 2 aliphatic rings. The van der Waals surface area contributed by atoms with Crippen molar-refractivity contribution in [2.75, 3.05) is 13.2 Å². The number of hydrogen-bond acceptors (Lipinski definition) is 14. The van der Waals surface area contributed by atoms with Gasteiger partial charge in [0.2, 0.25) is 0 Å². The summed E-state index contributed by atoms with van der Waals surface area (Å²) in [6, 6.07) is 59.0. The minimum atomic E-state index is -0.984. The Kier molecular flexibility index (Phi) is 20.7. The van der Waals surface area contributed by atoms with Gasteiger partial charge in [0.25, 0.3) is 0 Å².